The summed E-state index contributed by atoms with van der Waals surface area (Å²) >= 11 is 0. The van der Waals surface area contributed by atoms with E-state index in [0.29, 0.717) is 24.1 Å². The lowest BCUT2D eigenvalue weighted by Crippen LogP contribution is -2.17. The summed E-state index contributed by atoms with van der Waals surface area (Å²) in [4.78, 5) is 13.0. The molecule has 2 rings (SSSR count). The number of nitrogens with zero attached hydrogens (tertiary/aromatic N) is 1. The highest BCUT2D eigenvalue weighted by atomic mass is 19.4. The SMILES string of the molecule is CC(=CN1CCCC1=O)c1cccc(C(F)(F)F)c1. The summed E-state index contributed by atoms with van der Waals surface area (Å²) in [5.41, 5.74) is 0.460. The second-order valence-electron chi connectivity index (χ2n) is 4.58. The van der Waals surface area contributed by atoms with Gasteiger partial charge in [0.15, 0.2) is 0 Å². The Kier molecular flexibility index (Phi) is 3.64. The van der Waals surface area contributed by atoms with Crippen LogP contribution in [-0.4, -0.2) is 17.4 Å². The van der Waals surface area contributed by atoms with E-state index in [4.69, 9.17) is 0 Å². The maximum absolute atomic E-state index is 12.6. The van der Waals surface area contributed by atoms with E-state index in [1.807, 2.05) is 0 Å². The summed E-state index contributed by atoms with van der Waals surface area (Å²) in [7, 11) is 0. The molecule has 0 N–H and O–H groups in total. The lowest BCUT2D eigenvalue weighted by Gasteiger charge is -2.13. The van der Waals surface area contributed by atoms with Crippen molar-refractivity contribution in [3.05, 3.63) is 41.6 Å². The quantitative estimate of drug-likeness (QED) is 0.801. The van der Waals surface area contributed by atoms with Gasteiger partial charge < -0.3 is 4.90 Å². The van der Waals surface area contributed by atoms with E-state index in [2.05, 4.69) is 0 Å². The van der Waals surface area contributed by atoms with Gasteiger partial charge in [0.25, 0.3) is 0 Å². The lowest BCUT2D eigenvalue weighted by atomic mass is 10.0. The molecule has 1 aliphatic heterocycles. The highest BCUT2D eigenvalue weighted by Gasteiger charge is 2.30. The zero-order valence-corrected chi connectivity index (χ0v) is 10.5. The highest BCUT2D eigenvalue weighted by Crippen LogP contribution is 2.31. The Labute approximate surface area is 109 Å². The molecule has 1 saturated heterocycles. The maximum Gasteiger partial charge on any atom is 0.416 e. The van der Waals surface area contributed by atoms with Crippen molar-refractivity contribution in [3.8, 4) is 0 Å². The van der Waals surface area contributed by atoms with E-state index >= 15 is 0 Å². The van der Waals surface area contributed by atoms with Crippen LogP contribution in [0.3, 0.4) is 0 Å². The van der Waals surface area contributed by atoms with E-state index in [-0.39, 0.29) is 5.91 Å². The summed E-state index contributed by atoms with van der Waals surface area (Å²) in [6, 6.07) is 5.13. The topological polar surface area (TPSA) is 20.3 Å². The van der Waals surface area contributed by atoms with Crippen LogP contribution in [0.25, 0.3) is 5.57 Å². The molecule has 19 heavy (non-hydrogen) atoms. The van der Waals surface area contributed by atoms with Crippen LogP contribution >= 0.6 is 0 Å². The number of benzene rings is 1. The van der Waals surface area contributed by atoms with Crippen LogP contribution < -0.4 is 0 Å². The first-order valence-electron chi connectivity index (χ1n) is 6.03. The van der Waals surface area contributed by atoms with Crippen LogP contribution in [0.5, 0.6) is 0 Å². The molecule has 0 aliphatic carbocycles. The molecule has 0 atom stereocenters. The fourth-order valence-electron chi connectivity index (χ4n) is 2.05. The smallest absolute Gasteiger partial charge is 0.319 e. The minimum Gasteiger partial charge on any atom is -0.319 e. The standard InChI is InChI=1S/C14H14F3NO/c1-10(9-18-7-3-6-13(18)19)11-4-2-5-12(8-11)14(15,16)17/h2,4-5,8-9H,3,6-7H2,1H3. The first kappa shape index (κ1) is 13.6. The van der Waals surface area contributed by atoms with E-state index in [9.17, 15) is 18.0 Å². The van der Waals surface area contributed by atoms with E-state index in [1.54, 1.807) is 24.1 Å². The van der Waals surface area contributed by atoms with Crippen LogP contribution in [0, 0.1) is 0 Å². The van der Waals surface area contributed by atoms with Crippen molar-refractivity contribution in [2.24, 2.45) is 0 Å². The molecule has 1 heterocycles. The summed E-state index contributed by atoms with van der Waals surface area (Å²) in [6.07, 6.45) is -1.41. The molecule has 1 aromatic carbocycles. The Morgan fingerprint density at radius 2 is 2.11 bits per heavy atom. The van der Waals surface area contributed by atoms with Gasteiger partial charge in [0.2, 0.25) is 5.91 Å². The van der Waals surface area contributed by atoms with E-state index in [0.717, 1.165) is 18.6 Å². The van der Waals surface area contributed by atoms with Crippen molar-refractivity contribution in [1.82, 2.24) is 4.90 Å². The number of rotatable bonds is 2. The third-order valence-electron chi connectivity index (χ3n) is 3.10. The predicted octanol–water partition coefficient (Wildman–Crippen LogP) is 3.69. The summed E-state index contributed by atoms with van der Waals surface area (Å²) in [6.45, 7) is 2.34. The zero-order chi connectivity index (χ0) is 14.0. The summed E-state index contributed by atoms with van der Waals surface area (Å²) < 4.78 is 37.8. The van der Waals surface area contributed by atoms with Crippen molar-refractivity contribution in [3.63, 3.8) is 0 Å². The van der Waals surface area contributed by atoms with Crippen molar-refractivity contribution >= 4 is 11.5 Å². The van der Waals surface area contributed by atoms with Gasteiger partial charge in [-0.25, -0.2) is 0 Å². The fourth-order valence-corrected chi connectivity index (χ4v) is 2.05. The van der Waals surface area contributed by atoms with Crippen molar-refractivity contribution < 1.29 is 18.0 Å². The van der Waals surface area contributed by atoms with Gasteiger partial charge >= 0.3 is 6.18 Å². The normalized spacial score (nSPS) is 17.2. The van der Waals surface area contributed by atoms with Crippen molar-refractivity contribution in [2.75, 3.05) is 6.54 Å². The molecule has 0 radical (unpaired) electrons. The third kappa shape index (κ3) is 3.16. The van der Waals surface area contributed by atoms with E-state index < -0.39 is 11.7 Å². The molecule has 0 bridgehead atoms. The van der Waals surface area contributed by atoms with Crippen LogP contribution in [0.1, 0.15) is 30.9 Å². The highest BCUT2D eigenvalue weighted by molar-refractivity contribution is 5.81. The third-order valence-corrected chi connectivity index (χ3v) is 3.10. The summed E-state index contributed by atoms with van der Waals surface area (Å²) in [5, 5.41) is 0. The molecule has 5 heteroatoms. The van der Waals surface area contributed by atoms with Crippen molar-refractivity contribution in [1.29, 1.82) is 0 Å². The van der Waals surface area contributed by atoms with Gasteiger partial charge in [-0.05, 0) is 36.6 Å². The molecule has 1 amide bonds. The van der Waals surface area contributed by atoms with Crippen LogP contribution in [0.15, 0.2) is 30.5 Å². The lowest BCUT2D eigenvalue weighted by molar-refractivity contribution is -0.137. The van der Waals surface area contributed by atoms with Gasteiger partial charge in [-0.1, -0.05) is 12.1 Å². The van der Waals surface area contributed by atoms with E-state index in [1.165, 1.54) is 6.07 Å². The molecular formula is C14H14F3NO. The maximum atomic E-state index is 12.6. The molecule has 102 valence electrons. The number of allylic oxidation sites excluding steroid dienone is 1. The number of hydrogen-bond donors (Lipinski definition) is 0. The Hall–Kier alpha value is -1.78. The van der Waals surface area contributed by atoms with Gasteiger partial charge in [-0.3, -0.25) is 4.79 Å². The van der Waals surface area contributed by atoms with Gasteiger partial charge in [0.1, 0.15) is 0 Å². The first-order chi connectivity index (χ1) is 8.88. The first-order valence-corrected chi connectivity index (χ1v) is 6.03. The van der Waals surface area contributed by atoms with Crippen molar-refractivity contribution in [2.45, 2.75) is 25.9 Å². The number of alkyl halides is 3. The molecule has 1 aliphatic rings. The van der Waals surface area contributed by atoms with Crippen LogP contribution in [0.4, 0.5) is 13.2 Å². The number of carbonyl (C=O) groups excluding carboxylic acids is 1. The molecule has 0 aromatic heterocycles. The predicted molar refractivity (Wildman–Crippen MR) is 66.0 cm³/mol. The monoisotopic (exact) mass is 269 g/mol. The number of amides is 1. The minimum absolute atomic E-state index is 0.0197. The number of carbonyl (C=O) groups is 1. The largest absolute Gasteiger partial charge is 0.416 e. The molecule has 0 unspecified atom stereocenters. The van der Waals surface area contributed by atoms with Crippen LogP contribution in [0.2, 0.25) is 0 Å². The van der Waals surface area contributed by atoms with Gasteiger partial charge in [-0.15, -0.1) is 0 Å². The average Bonchev–Trinajstić information content (AvgIpc) is 2.74. The summed E-state index contributed by atoms with van der Waals surface area (Å²) in [5.74, 6) is 0.0197. The molecule has 0 saturated carbocycles. The Bertz CT molecular complexity index is 520. The Balaban J connectivity index is 2.26. The van der Waals surface area contributed by atoms with Crippen LogP contribution in [-0.2, 0) is 11.0 Å². The number of hydrogen-bond acceptors (Lipinski definition) is 1. The van der Waals surface area contributed by atoms with Gasteiger partial charge in [-0.2, -0.15) is 13.2 Å². The molecule has 2 nitrogen and oxygen atoms in total. The molecule has 1 aromatic rings. The minimum atomic E-state index is -4.35. The Morgan fingerprint density at radius 1 is 1.37 bits per heavy atom. The van der Waals surface area contributed by atoms with Gasteiger partial charge in [0, 0.05) is 19.2 Å². The fraction of sp³-hybridized carbons (Fsp3) is 0.357. The van der Waals surface area contributed by atoms with Gasteiger partial charge in [0.05, 0.1) is 5.56 Å². The molecule has 0 spiro atoms. The Morgan fingerprint density at radius 3 is 2.68 bits per heavy atom. The zero-order valence-electron chi connectivity index (χ0n) is 10.5. The molecular weight excluding hydrogens is 255 g/mol. The average molecular weight is 269 g/mol. The second-order valence-corrected chi connectivity index (χ2v) is 4.58. The second kappa shape index (κ2) is 5.07. The number of likely N-dealkylation sites (tertiary alicyclic amines) is 1. The molecule has 1 fully saturated rings. The number of halogens is 3.